The Bertz CT molecular complexity index is 1310. The molecule has 1 N–H and O–H groups in total. The van der Waals surface area contributed by atoms with Crippen molar-refractivity contribution in [3.63, 3.8) is 0 Å². The fourth-order valence-corrected chi connectivity index (χ4v) is 4.10. The van der Waals surface area contributed by atoms with Gasteiger partial charge in [0, 0.05) is 13.1 Å². The molecule has 0 atom stereocenters. The Kier molecular flexibility index (Phi) is 10.5. The average Bonchev–Trinajstić information content (AvgIpc) is 2.90. The summed E-state index contributed by atoms with van der Waals surface area (Å²) < 4.78 is 16.0. The van der Waals surface area contributed by atoms with Gasteiger partial charge in [-0.3, -0.25) is 9.59 Å². The SMILES string of the molecule is C.CCN(CC)c1ccc(N=C2C=C(NC(=O)c3ccc(OC)c(OC)c3OC)C(=O)C(Cl)=C2C)c(C)n1. The zero-order chi connectivity index (χ0) is 27.3. The number of pyridine rings is 1. The zero-order valence-electron chi connectivity index (χ0n) is 22.1. The number of benzene rings is 1. The van der Waals surface area contributed by atoms with Crippen molar-refractivity contribution in [2.75, 3.05) is 39.3 Å². The molecular formula is C28H35ClN4O5. The van der Waals surface area contributed by atoms with Crippen LogP contribution in [0.3, 0.4) is 0 Å². The van der Waals surface area contributed by atoms with E-state index in [2.05, 4.69) is 29.0 Å². The number of carbonyl (C=O) groups is 2. The van der Waals surface area contributed by atoms with Crippen molar-refractivity contribution >= 4 is 40.5 Å². The lowest BCUT2D eigenvalue weighted by atomic mass is 10.0. The fraction of sp³-hybridized carbons (Fsp3) is 0.357. The highest BCUT2D eigenvalue weighted by molar-refractivity contribution is 6.49. The Labute approximate surface area is 229 Å². The molecule has 1 amide bonds. The van der Waals surface area contributed by atoms with Crippen LogP contribution in [0.2, 0.25) is 0 Å². The summed E-state index contributed by atoms with van der Waals surface area (Å²) in [6.45, 7) is 9.40. The minimum atomic E-state index is -0.581. The topological polar surface area (TPSA) is 102 Å². The summed E-state index contributed by atoms with van der Waals surface area (Å²) in [4.78, 5) is 37.6. The van der Waals surface area contributed by atoms with E-state index in [-0.39, 0.29) is 35.2 Å². The summed E-state index contributed by atoms with van der Waals surface area (Å²) in [7, 11) is 4.33. The molecule has 0 fully saturated rings. The van der Waals surface area contributed by atoms with Crippen LogP contribution in [-0.2, 0) is 4.79 Å². The van der Waals surface area contributed by atoms with Crippen LogP contribution in [0.25, 0.3) is 0 Å². The van der Waals surface area contributed by atoms with Crippen molar-refractivity contribution in [1.29, 1.82) is 0 Å². The molecular weight excluding hydrogens is 508 g/mol. The lowest BCUT2D eigenvalue weighted by Crippen LogP contribution is -2.31. The van der Waals surface area contributed by atoms with Crippen LogP contribution in [0.4, 0.5) is 11.5 Å². The van der Waals surface area contributed by atoms with Gasteiger partial charge in [-0.25, -0.2) is 9.98 Å². The molecule has 0 saturated carbocycles. The summed E-state index contributed by atoms with van der Waals surface area (Å²) in [6, 6.07) is 6.88. The van der Waals surface area contributed by atoms with Crippen LogP contribution >= 0.6 is 11.6 Å². The number of rotatable bonds is 9. The van der Waals surface area contributed by atoms with E-state index in [1.54, 1.807) is 13.0 Å². The van der Waals surface area contributed by atoms with E-state index in [0.29, 0.717) is 22.7 Å². The third-order valence-electron chi connectivity index (χ3n) is 6.01. The van der Waals surface area contributed by atoms with Gasteiger partial charge in [0.1, 0.15) is 5.82 Å². The van der Waals surface area contributed by atoms with Crippen LogP contribution in [0, 0.1) is 6.92 Å². The normalized spacial score (nSPS) is 14.1. The second-order valence-corrected chi connectivity index (χ2v) is 8.48. The Morgan fingerprint density at radius 1 is 1.03 bits per heavy atom. The highest BCUT2D eigenvalue weighted by atomic mass is 35.5. The van der Waals surface area contributed by atoms with Gasteiger partial charge < -0.3 is 24.4 Å². The van der Waals surface area contributed by atoms with Crippen molar-refractivity contribution in [3.05, 3.63) is 57.9 Å². The largest absolute Gasteiger partial charge is 0.493 e. The molecule has 1 aromatic heterocycles. The molecule has 2 aromatic rings. The van der Waals surface area contributed by atoms with E-state index >= 15 is 0 Å². The van der Waals surface area contributed by atoms with Crippen LogP contribution in [-0.4, -0.2) is 56.8 Å². The molecule has 9 nitrogen and oxygen atoms in total. The number of ketones is 1. The Morgan fingerprint density at radius 2 is 1.68 bits per heavy atom. The number of hydrogen-bond donors (Lipinski definition) is 1. The van der Waals surface area contributed by atoms with E-state index in [1.165, 1.54) is 33.5 Å². The molecule has 0 saturated heterocycles. The van der Waals surface area contributed by atoms with Gasteiger partial charge >= 0.3 is 0 Å². The molecule has 3 rings (SSSR count). The van der Waals surface area contributed by atoms with Crippen molar-refractivity contribution in [2.45, 2.75) is 35.1 Å². The molecule has 0 unspecified atom stereocenters. The van der Waals surface area contributed by atoms with Gasteiger partial charge in [-0.2, -0.15) is 0 Å². The Hall–Kier alpha value is -3.85. The van der Waals surface area contributed by atoms with Crippen LogP contribution in [0.5, 0.6) is 17.2 Å². The van der Waals surface area contributed by atoms with Crippen LogP contribution < -0.4 is 24.4 Å². The molecule has 0 spiro atoms. The highest BCUT2D eigenvalue weighted by Gasteiger charge is 2.28. The lowest BCUT2D eigenvalue weighted by molar-refractivity contribution is -0.112. The van der Waals surface area contributed by atoms with Crippen molar-refractivity contribution in [1.82, 2.24) is 10.3 Å². The number of ether oxygens (including phenoxy) is 3. The van der Waals surface area contributed by atoms with Crippen molar-refractivity contribution in [3.8, 4) is 17.2 Å². The van der Waals surface area contributed by atoms with Gasteiger partial charge in [-0.15, -0.1) is 0 Å². The van der Waals surface area contributed by atoms with Gasteiger partial charge in [-0.05, 0) is 63.6 Å². The molecule has 10 heteroatoms. The number of aliphatic imine (C=N–C) groups is 1. The van der Waals surface area contributed by atoms with Gasteiger partial charge in [0.2, 0.25) is 11.5 Å². The van der Waals surface area contributed by atoms with Gasteiger partial charge in [0.25, 0.3) is 5.91 Å². The average molecular weight is 543 g/mol. The quantitative estimate of drug-likeness (QED) is 0.424. The third kappa shape index (κ3) is 5.99. The molecule has 204 valence electrons. The number of hydrogen-bond acceptors (Lipinski definition) is 8. The summed E-state index contributed by atoms with van der Waals surface area (Å²) in [5, 5.41) is 2.62. The zero-order valence-corrected chi connectivity index (χ0v) is 22.8. The van der Waals surface area contributed by atoms with E-state index in [4.69, 9.17) is 30.8 Å². The molecule has 1 aliphatic rings. The maximum absolute atomic E-state index is 13.2. The van der Waals surface area contributed by atoms with E-state index in [1.807, 2.05) is 19.1 Å². The molecule has 1 aromatic carbocycles. The van der Waals surface area contributed by atoms with Crippen molar-refractivity contribution in [2.24, 2.45) is 4.99 Å². The fourth-order valence-electron chi connectivity index (χ4n) is 3.90. The molecule has 38 heavy (non-hydrogen) atoms. The molecule has 1 aliphatic carbocycles. The molecule has 0 aliphatic heterocycles. The monoisotopic (exact) mass is 542 g/mol. The Balaban J connectivity index is 0.00000507. The first-order valence-corrected chi connectivity index (χ1v) is 12.1. The number of aromatic nitrogens is 1. The predicted molar refractivity (Wildman–Crippen MR) is 152 cm³/mol. The van der Waals surface area contributed by atoms with E-state index in [9.17, 15) is 9.59 Å². The molecule has 0 radical (unpaired) electrons. The summed E-state index contributed by atoms with van der Waals surface area (Å²) >= 11 is 6.37. The highest BCUT2D eigenvalue weighted by Crippen LogP contribution is 2.40. The second-order valence-electron chi connectivity index (χ2n) is 8.11. The third-order valence-corrected chi connectivity index (χ3v) is 6.46. The first-order chi connectivity index (χ1) is 17.7. The number of Topliss-reactive ketones (excluding diaryl/α,β-unsaturated/α-hetero) is 1. The van der Waals surface area contributed by atoms with Crippen molar-refractivity contribution < 1.29 is 23.8 Å². The second kappa shape index (κ2) is 13.1. The lowest BCUT2D eigenvalue weighted by Gasteiger charge is -2.21. The molecule has 0 bridgehead atoms. The first-order valence-electron chi connectivity index (χ1n) is 11.7. The number of nitrogens with one attached hydrogen (secondary N) is 1. The Morgan fingerprint density at radius 3 is 2.24 bits per heavy atom. The minimum absolute atomic E-state index is 0. The van der Waals surface area contributed by atoms with E-state index < -0.39 is 11.7 Å². The number of allylic oxidation sites excluding steroid dienone is 3. The predicted octanol–water partition coefficient (Wildman–Crippen LogP) is 5.38. The number of carbonyl (C=O) groups excluding carboxylic acids is 2. The summed E-state index contributed by atoms with van der Waals surface area (Å²) in [5.74, 6) is 0.595. The number of anilines is 1. The maximum Gasteiger partial charge on any atom is 0.259 e. The first kappa shape index (κ1) is 30.4. The summed E-state index contributed by atoms with van der Waals surface area (Å²) in [5.41, 5.74) is 2.45. The number of halogens is 1. The molecule has 1 heterocycles. The minimum Gasteiger partial charge on any atom is -0.493 e. The number of methoxy groups -OCH3 is 3. The van der Waals surface area contributed by atoms with Crippen LogP contribution in [0.15, 0.2) is 51.6 Å². The number of aryl methyl sites for hydroxylation is 1. The van der Waals surface area contributed by atoms with Crippen LogP contribution in [0.1, 0.15) is 44.2 Å². The van der Waals surface area contributed by atoms with Gasteiger partial charge in [0.15, 0.2) is 11.5 Å². The smallest absolute Gasteiger partial charge is 0.259 e. The van der Waals surface area contributed by atoms with Gasteiger partial charge in [-0.1, -0.05) is 19.0 Å². The number of nitrogens with zero attached hydrogens (tertiary/aromatic N) is 3. The van der Waals surface area contributed by atoms with Gasteiger partial charge in [0.05, 0.1) is 54.7 Å². The number of amides is 1. The standard InChI is InChI=1S/C27H31ClN4O5.CH4/c1-8-32(9-2)22-13-11-18(16(4)29-22)30-19-14-20(24(33)23(28)15(19)3)31-27(34)17-10-12-21(35-5)26(37-7)25(17)36-6;/h10-14H,8-9H2,1-7H3,(H,31,34);1H4. The van der Waals surface area contributed by atoms with E-state index in [0.717, 1.165) is 24.6 Å². The summed E-state index contributed by atoms with van der Waals surface area (Å²) in [6.07, 6.45) is 1.51. The maximum atomic E-state index is 13.2.